The molecule has 4 aromatic carbocycles. The van der Waals surface area contributed by atoms with E-state index in [-0.39, 0.29) is 17.4 Å². The first-order valence-electron chi connectivity index (χ1n) is 14.6. The molecular formula is C37H26N3+. The van der Waals surface area contributed by atoms with E-state index in [1.54, 1.807) is 28.6 Å². The molecule has 0 fully saturated rings. The van der Waals surface area contributed by atoms with Gasteiger partial charge >= 0.3 is 0 Å². The molecule has 0 amide bonds. The summed E-state index contributed by atoms with van der Waals surface area (Å²) in [7, 11) is 0. The fraction of sp³-hybridized carbons (Fsp3) is 0.189. The zero-order valence-electron chi connectivity index (χ0n) is 22.0. The highest BCUT2D eigenvalue weighted by Gasteiger charge is 2.65. The van der Waals surface area contributed by atoms with Crippen molar-refractivity contribution in [1.82, 2.24) is 0 Å². The van der Waals surface area contributed by atoms with Crippen LogP contribution in [0.4, 0.5) is 5.69 Å². The van der Waals surface area contributed by atoms with Gasteiger partial charge in [-0.15, -0.1) is 0 Å². The van der Waals surface area contributed by atoms with Crippen LogP contribution in [0.1, 0.15) is 89.9 Å². The summed E-state index contributed by atoms with van der Waals surface area (Å²) < 4.78 is 2.69. The predicted molar refractivity (Wildman–Crippen MR) is 155 cm³/mol. The molecule has 40 heavy (non-hydrogen) atoms. The van der Waals surface area contributed by atoms with Gasteiger partial charge in [-0.25, -0.2) is 0 Å². The maximum Gasteiger partial charge on any atom is 0.239 e. The minimum atomic E-state index is -0.326. The molecule has 3 atom stereocenters. The van der Waals surface area contributed by atoms with E-state index < -0.39 is 0 Å². The van der Waals surface area contributed by atoms with Crippen LogP contribution >= 0.6 is 0 Å². The molecule has 3 heterocycles. The minimum Gasteiger partial charge on any atom is -0.325 e. The van der Waals surface area contributed by atoms with E-state index in [9.17, 15) is 0 Å². The normalized spacial score (nSPS) is 23.8. The highest BCUT2D eigenvalue weighted by Crippen LogP contribution is 2.63. The van der Waals surface area contributed by atoms with Crippen molar-refractivity contribution in [3.05, 3.63) is 163 Å². The SMILES string of the molecule is N=CN1CC23c4c(cccc41)C1c4ccccc4Cc4cc5c(c2c41)C1c2c(cccc2Cc2ccc[n+]3c21)C5. The van der Waals surface area contributed by atoms with Crippen molar-refractivity contribution in [3.8, 4) is 0 Å². The van der Waals surface area contributed by atoms with Crippen molar-refractivity contribution in [2.75, 3.05) is 11.4 Å². The van der Waals surface area contributed by atoms with Crippen LogP contribution in [-0.4, -0.2) is 12.9 Å². The van der Waals surface area contributed by atoms with E-state index in [1.807, 2.05) is 0 Å². The van der Waals surface area contributed by atoms with E-state index >= 15 is 0 Å². The van der Waals surface area contributed by atoms with Crippen molar-refractivity contribution < 1.29 is 4.57 Å². The van der Waals surface area contributed by atoms with Crippen molar-refractivity contribution in [1.29, 1.82) is 5.41 Å². The van der Waals surface area contributed by atoms with Crippen LogP contribution in [0.5, 0.6) is 0 Å². The number of hydrogen-bond donors (Lipinski definition) is 1. The Morgan fingerprint density at radius 3 is 2.25 bits per heavy atom. The first-order chi connectivity index (χ1) is 19.8. The molecule has 6 aliphatic rings. The molecule has 1 aromatic heterocycles. The second-order valence-corrected chi connectivity index (χ2v) is 12.6. The molecular weight excluding hydrogens is 486 g/mol. The zero-order chi connectivity index (χ0) is 25.9. The third-order valence-corrected chi connectivity index (χ3v) is 11.1. The first kappa shape index (κ1) is 20.4. The van der Waals surface area contributed by atoms with Gasteiger partial charge in [0.15, 0.2) is 11.9 Å². The summed E-state index contributed by atoms with van der Waals surface area (Å²) in [4.78, 5) is 2.21. The number of nitrogens with one attached hydrogen (secondary N) is 1. The van der Waals surface area contributed by atoms with E-state index in [0.717, 1.165) is 25.8 Å². The molecule has 3 nitrogen and oxygen atoms in total. The van der Waals surface area contributed by atoms with Crippen LogP contribution < -0.4 is 9.47 Å². The van der Waals surface area contributed by atoms with Crippen LogP contribution in [0, 0.1) is 5.41 Å². The van der Waals surface area contributed by atoms with Crippen LogP contribution in [0.25, 0.3) is 0 Å². The summed E-state index contributed by atoms with van der Waals surface area (Å²) in [6.07, 6.45) is 6.95. The zero-order valence-corrected chi connectivity index (χ0v) is 22.0. The number of benzene rings is 4. The third kappa shape index (κ3) is 1.99. The Morgan fingerprint density at radius 1 is 0.675 bits per heavy atom. The van der Waals surface area contributed by atoms with E-state index in [0.29, 0.717) is 0 Å². The Kier molecular flexibility index (Phi) is 3.29. The monoisotopic (exact) mass is 512 g/mol. The van der Waals surface area contributed by atoms with Gasteiger partial charge in [-0.05, 0) is 80.6 Å². The quantitative estimate of drug-likeness (QED) is 0.166. The highest BCUT2D eigenvalue weighted by atomic mass is 15.2. The van der Waals surface area contributed by atoms with Crippen LogP contribution in [0.2, 0.25) is 0 Å². The molecule has 5 aromatic rings. The van der Waals surface area contributed by atoms with Gasteiger partial charge in [-0.3, -0.25) is 5.41 Å². The summed E-state index contributed by atoms with van der Waals surface area (Å²) in [5.41, 5.74) is 21.9. The predicted octanol–water partition coefficient (Wildman–Crippen LogP) is 5.89. The fourth-order valence-electron chi connectivity index (χ4n) is 9.97. The smallest absolute Gasteiger partial charge is 0.239 e. The number of rotatable bonds is 1. The average Bonchev–Trinajstić information content (AvgIpc) is 3.33. The van der Waals surface area contributed by atoms with Gasteiger partial charge in [0.25, 0.3) is 0 Å². The second kappa shape index (κ2) is 6.45. The largest absolute Gasteiger partial charge is 0.325 e. The summed E-state index contributed by atoms with van der Waals surface area (Å²) >= 11 is 0. The average molecular weight is 513 g/mol. The summed E-state index contributed by atoms with van der Waals surface area (Å²) in [5, 5.41) is 8.52. The molecule has 3 heteroatoms. The number of aromatic nitrogens is 1. The van der Waals surface area contributed by atoms with Crippen molar-refractivity contribution >= 4 is 12.0 Å². The van der Waals surface area contributed by atoms with Gasteiger partial charge in [0.2, 0.25) is 5.54 Å². The third-order valence-electron chi connectivity index (χ3n) is 11.1. The van der Waals surface area contributed by atoms with Crippen LogP contribution in [-0.2, 0) is 24.8 Å². The van der Waals surface area contributed by atoms with Gasteiger partial charge < -0.3 is 4.90 Å². The van der Waals surface area contributed by atoms with Crippen molar-refractivity contribution in [2.24, 2.45) is 0 Å². The Morgan fingerprint density at radius 2 is 1.38 bits per heavy atom. The lowest BCUT2D eigenvalue weighted by Crippen LogP contribution is -2.67. The molecule has 0 saturated carbocycles. The lowest BCUT2D eigenvalue weighted by atomic mass is 9.55. The Hall–Kier alpha value is -4.50. The standard InChI is InChI=1S/C37H26N3/c38-19-39-18-37-34-27(11-4-12-28(34)39)32-26-10-2-1-6-20(26)14-24-17-25-16-22-8-3-7-21-15-23-9-5-13-40(37)36(23)33(29(21)22)31(25)35(37)30(24)32/h1-13,17,19,32-33,38H,14-16,18H2/q+1. The number of anilines is 1. The maximum absolute atomic E-state index is 8.52. The highest BCUT2D eigenvalue weighted by molar-refractivity contribution is 5.88. The molecule has 4 aliphatic carbocycles. The fourth-order valence-corrected chi connectivity index (χ4v) is 9.97. The summed E-state index contributed by atoms with van der Waals surface area (Å²) in [6, 6.07) is 30.3. The molecule has 188 valence electrons. The molecule has 11 rings (SSSR count). The lowest BCUT2D eigenvalue weighted by molar-refractivity contribution is -0.750. The number of pyridine rings is 1. The van der Waals surface area contributed by atoms with E-state index in [1.165, 1.54) is 61.5 Å². The Bertz CT molecular complexity index is 2070. The Labute approximate surface area is 232 Å². The van der Waals surface area contributed by atoms with Gasteiger partial charge in [-0.1, -0.05) is 60.7 Å². The molecule has 0 bridgehead atoms. The van der Waals surface area contributed by atoms with Gasteiger partial charge in [-0.2, -0.15) is 4.57 Å². The molecule has 1 N–H and O–H groups in total. The van der Waals surface area contributed by atoms with Gasteiger partial charge in [0, 0.05) is 29.5 Å². The van der Waals surface area contributed by atoms with Crippen molar-refractivity contribution in [3.63, 3.8) is 0 Å². The number of nitrogens with zero attached hydrogens (tertiary/aromatic N) is 2. The van der Waals surface area contributed by atoms with Crippen LogP contribution in [0.3, 0.4) is 0 Å². The van der Waals surface area contributed by atoms with Crippen LogP contribution in [0.15, 0.2) is 85.1 Å². The molecule has 2 aliphatic heterocycles. The minimum absolute atomic E-state index is 0.236. The Balaban J connectivity index is 1.39. The summed E-state index contributed by atoms with van der Waals surface area (Å²) in [5.74, 6) is 0.519. The summed E-state index contributed by atoms with van der Waals surface area (Å²) in [6.45, 7) is 0.780. The second-order valence-electron chi connectivity index (χ2n) is 12.6. The number of hydrogen-bond acceptors (Lipinski definition) is 1. The number of fused-ring (bicyclic) bond motifs is 3. The van der Waals surface area contributed by atoms with Gasteiger partial charge in [0.1, 0.15) is 0 Å². The molecule has 0 radical (unpaired) electrons. The molecule has 0 saturated heterocycles. The first-order valence-corrected chi connectivity index (χ1v) is 14.6. The van der Waals surface area contributed by atoms with Crippen molar-refractivity contribution in [2.45, 2.75) is 36.6 Å². The lowest BCUT2D eigenvalue weighted by Gasteiger charge is -2.48. The van der Waals surface area contributed by atoms with E-state index in [2.05, 4.69) is 94.5 Å². The van der Waals surface area contributed by atoms with Gasteiger partial charge in [0.05, 0.1) is 30.1 Å². The molecule has 1 spiro atoms. The molecule has 3 unspecified atom stereocenters. The topological polar surface area (TPSA) is 31.0 Å². The maximum atomic E-state index is 8.52. The van der Waals surface area contributed by atoms with E-state index in [4.69, 9.17) is 5.41 Å².